The number of nitrogens with two attached hydrogens (primary N) is 1. The van der Waals surface area contributed by atoms with Crippen LogP contribution in [0, 0.1) is 0 Å². The van der Waals surface area contributed by atoms with Gasteiger partial charge in [0, 0.05) is 11.4 Å². The molecule has 0 aliphatic rings. The molecule has 0 aliphatic carbocycles. The Balaban J connectivity index is 3.21. The third-order valence-corrected chi connectivity index (χ3v) is 2.07. The molecule has 0 saturated heterocycles. The number of rotatable bonds is 2. The van der Waals surface area contributed by atoms with Crippen LogP contribution in [0.15, 0.2) is 18.2 Å². The summed E-state index contributed by atoms with van der Waals surface area (Å²) in [6.45, 7) is 6.28. The number of anilines is 2. The van der Waals surface area contributed by atoms with E-state index in [9.17, 15) is 4.79 Å². The van der Waals surface area contributed by atoms with Gasteiger partial charge in [0.15, 0.2) is 0 Å². The molecule has 0 atom stereocenters. The number of benzene rings is 1. The molecule has 0 unspecified atom stereocenters. The average Bonchev–Trinajstić information content (AvgIpc) is 2.02. The molecule has 1 rings (SSSR count). The van der Waals surface area contributed by atoms with Crippen LogP contribution in [-0.4, -0.2) is 6.41 Å². The second kappa shape index (κ2) is 3.70. The smallest absolute Gasteiger partial charge is 0.211 e. The SMILES string of the molecule is CC(C)(C)c1ccc(N)cc1NC=O. The van der Waals surface area contributed by atoms with E-state index in [0.717, 1.165) is 11.3 Å². The Morgan fingerprint density at radius 2 is 2.00 bits per heavy atom. The number of carbonyl (C=O) groups excluding carboxylic acids is 1. The summed E-state index contributed by atoms with van der Waals surface area (Å²) >= 11 is 0. The summed E-state index contributed by atoms with van der Waals surface area (Å²) in [5, 5.41) is 2.66. The van der Waals surface area contributed by atoms with Crippen LogP contribution in [0.2, 0.25) is 0 Å². The second-order valence-electron chi connectivity index (χ2n) is 4.32. The first-order valence-electron chi connectivity index (χ1n) is 4.55. The van der Waals surface area contributed by atoms with Crippen LogP contribution < -0.4 is 11.1 Å². The molecule has 3 heteroatoms. The van der Waals surface area contributed by atoms with E-state index < -0.39 is 0 Å². The minimum absolute atomic E-state index is 0.000949. The Labute approximate surface area is 84.3 Å². The molecule has 1 aromatic carbocycles. The van der Waals surface area contributed by atoms with Crippen molar-refractivity contribution >= 4 is 17.8 Å². The zero-order valence-electron chi connectivity index (χ0n) is 8.79. The van der Waals surface area contributed by atoms with Gasteiger partial charge in [-0.25, -0.2) is 0 Å². The lowest BCUT2D eigenvalue weighted by atomic mass is 9.85. The predicted octanol–water partition coefficient (Wildman–Crippen LogP) is 2.13. The zero-order chi connectivity index (χ0) is 10.8. The lowest BCUT2D eigenvalue weighted by Crippen LogP contribution is -2.14. The van der Waals surface area contributed by atoms with Gasteiger partial charge in [-0.15, -0.1) is 0 Å². The largest absolute Gasteiger partial charge is 0.399 e. The van der Waals surface area contributed by atoms with Gasteiger partial charge < -0.3 is 11.1 Å². The molecule has 0 bridgehead atoms. The van der Waals surface area contributed by atoms with Crippen molar-refractivity contribution in [3.63, 3.8) is 0 Å². The third-order valence-electron chi connectivity index (χ3n) is 2.07. The van der Waals surface area contributed by atoms with E-state index in [1.807, 2.05) is 12.1 Å². The maximum absolute atomic E-state index is 10.4. The van der Waals surface area contributed by atoms with Crippen LogP contribution in [0.1, 0.15) is 26.3 Å². The van der Waals surface area contributed by atoms with Gasteiger partial charge in [0.2, 0.25) is 6.41 Å². The monoisotopic (exact) mass is 192 g/mol. The molecule has 0 aliphatic heterocycles. The third kappa shape index (κ3) is 2.25. The lowest BCUT2D eigenvalue weighted by Gasteiger charge is -2.22. The van der Waals surface area contributed by atoms with Crippen molar-refractivity contribution < 1.29 is 4.79 Å². The van der Waals surface area contributed by atoms with Crippen molar-refractivity contribution in [2.45, 2.75) is 26.2 Å². The number of hydrogen-bond acceptors (Lipinski definition) is 2. The molecule has 3 nitrogen and oxygen atoms in total. The Kier molecular flexibility index (Phi) is 2.79. The minimum Gasteiger partial charge on any atom is -0.399 e. The van der Waals surface area contributed by atoms with E-state index in [0.29, 0.717) is 12.1 Å². The van der Waals surface area contributed by atoms with Gasteiger partial charge >= 0.3 is 0 Å². The molecule has 0 aromatic heterocycles. The summed E-state index contributed by atoms with van der Waals surface area (Å²) in [5.41, 5.74) is 8.17. The van der Waals surface area contributed by atoms with Crippen molar-refractivity contribution in [3.8, 4) is 0 Å². The normalized spacial score (nSPS) is 11.1. The van der Waals surface area contributed by atoms with Gasteiger partial charge in [0.25, 0.3) is 0 Å². The van der Waals surface area contributed by atoms with E-state index in [1.54, 1.807) is 6.07 Å². The Hall–Kier alpha value is -1.51. The minimum atomic E-state index is -0.000949. The van der Waals surface area contributed by atoms with Crippen molar-refractivity contribution in [2.24, 2.45) is 0 Å². The highest BCUT2D eigenvalue weighted by Gasteiger charge is 2.17. The first-order valence-corrected chi connectivity index (χ1v) is 4.55. The van der Waals surface area contributed by atoms with Crippen molar-refractivity contribution in [1.29, 1.82) is 0 Å². The first kappa shape index (κ1) is 10.6. The highest BCUT2D eigenvalue weighted by atomic mass is 16.1. The van der Waals surface area contributed by atoms with Gasteiger partial charge in [0.1, 0.15) is 0 Å². The molecular formula is C11H16N2O. The Bertz CT molecular complexity index is 340. The molecule has 1 aromatic rings. The van der Waals surface area contributed by atoms with Gasteiger partial charge in [-0.3, -0.25) is 4.79 Å². The highest BCUT2D eigenvalue weighted by Crippen LogP contribution is 2.30. The molecule has 76 valence electrons. The fourth-order valence-electron chi connectivity index (χ4n) is 1.40. The molecule has 0 heterocycles. The quantitative estimate of drug-likeness (QED) is 0.557. The fourth-order valence-corrected chi connectivity index (χ4v) is 1.40. The molecular weight excluding hydrogens is 176 g/mol. The first-order chi connectivity index (χ1) is 6.45. The van der Waals surface area contributed by atoms with Crippen LogP contribution in [0.5, 0.6) is 0 Å². The molecule has 14 heavy (non-hydrogen) atoms. The van der Waals surface area contributed by atoms with E-state index >= 15 is 0 Å². The van der Waals surface area contributed by atoms with Crippen LogP contribution >= 0.6 is 0 Å². The standard InChI is InChI=1S/C11H16N2O/c1-11(2,3)9-5-4-8(12)6-10(9)13-7-14/h4-7H,12H2,1-3H3,(H,13,14). The van der Waals surface area contributed by atoms with Gasteiger partial charge in [-0.05, 0) is 23.1 Å². The number of nitrogen functional groups attached to an aromatic ring is 1. The van der Waals surface area contributed by atoms with Crippen LogP contribution in [0.25, 0.3) is 0 Å². The summed E-state index contributed by atoms with van der Waals surface area (Å²) in [5.74, 6) is 0. The molecule has 0 fully saturated rings. The molecule has 1 amide bonds. The van der Waals surface area contributed by atoms with Crippen molar-refractivity contribution in [1.82, 2.24) is 0 Å². The van der Waals surface area contributed by atoms with E-state index in [2.05, 4.69) is 26.1 Å². The molecule has 0 radical (unpaired) electrons. The van der Waals surface area contributed by atoms with Crippen LogP contribution in [0.3, 0.4) is 0 Å². The molecule has 0 saturated carbocycles. The molecule has 3 N–H and O–H groups in total. The number of amides is 1. The number of hydrogen-bond donors (Lipinski definition) is 2. The maximum Gasteiger partial charge on any atom is 0.211 e. The average molecular weight is 192 g/mol. The van der Waals surface area contributed by atoms with Crippen molar-refractivity contribution in [3.05, 3.63) is 23.8 Å². The Morgan fingerprint density at radius 3 is 2.50 bits per heavy atom. The summed E-state index contributed by atoms with van der Waals surface area (Å²) in [6.07, 6.45) is 0.671. The van der Waals surface area contributed by atoms with Gasteiger partial charge in [-0.2, -0.15) is 0 Å². The highest BCUT2D eigenvalue weighted by molar-refractivity contribution is 5.76. The number of nitrogens with one attached hydrogen (secondary N) is 1. The fraction of sp³-hybridized carbons (Fsp3) is 0.364. The summed E-state index contributed by atoms with van der Waals surface area (Å²) in [4.78, 5) is 10.4. The van der Waals surface area contributed by atoms with Crippen LogP contribution in [-0.2, 0) is 10.2 Å². The topological polar surface area (TPSA) is 55.1 Å². The summed E-state index contributed by atoms with van der Waals surface area (Å²) in [6, 6.07) is 5.56. The molecule has 0 spiro atoms. The van der Waals surface area contributed by atoms with Crippen LogP contribution in [0.4, 0.5) is 11.4 Å². The number of carbonyl (C=O) groups is 1. The van der Waals surface area contributed by atoms with E-state index in [-0.39, 0.29) is 5.41 Å². The summed E-state index contributed by atoms with van der Waals surface area (Å²) in [7, 11) is 0. The van der Waals surface area contributed by atoms with Gasteiger partial charge in [0.05, 0.1) is 0 Å². The lowest BCUT2D eigenvalue weighted by molar-refractivity contribution is -0.105. The zero-order valence-corrected chi connectivity index (χ0v) is 8.79. The van der Waals surface area contributed by atoms with Crippen molar-refractivity contribution in [2.75, 3.05) is 11.1 Å². The van der Waals surface area contributed by atoms with Gasteiger partial charge in [-0.1, -0.05) is 26.8 Å². The van der Waals surface area contributed by atoms with E-state index in [1.165, 1.54) is 0 Å². The summed E-state index contributed by atoms with van der Waals surface area (Å²) < 4.78 is 0. The predicted molar refractivity (Wildman–Crippen MR) is 59.2 cm³/mol. The maximum atomic E-state index is 10.4. The Morgan fingerprint density at radius 1 is 1.36 bits per heavy atom. The second-order valence-corrected chi connectivity index (χ2v) is 4.32. The van der Waals surface area contributed by atoms with E-state index in [4.69, 9.17) is 5.73 Å².